The summed E-state index contributed by atoms with van der Waals surface area (Å²) in [7, 11) is 0. The topological polar surface area (TPSA) is 45.4 Å². The van der Waals surface area contributed by atoms with Crippen LogP contribution in [-0.4, -0.2) is 17.8 Å². The van der Waals surface area contributed by atoms with Gasteiger partial charge in [0.15, 0.2) is 0 Å². The molecule has 0 radical (unpaired) electrons. The first-order valence-corrected chi connectivity index (χ1v) is 6.18. The molecule has 0 aliphatic carbocycles. The summed E-state index contributed by atoms with van der Waals surface area (Å²) in [5.74, 6) is 0.810. The van der Waals surface area contributed by atoms with Gasteiger partial charge in [0.2, 0.25) is 0 Å². The highest BCUT2D eigenvalue weighted by Crippen LogP contribution is 2.14. The summed E-state index contributed by atoms with van der Waals surface area (Å²) in [6.07, 6.45) is 6.54. The average Bonchev–Trinajstić information content (AvgIpc) is 2.79. The molecule has 1 aromatic rings. The van der Waals surface area contributed by atoms with Crippen LogP contribution in [-0.2, 0) is 0 Å². The predicted octanol–water partition coefficient (Wildman–Crippen LogP) is 2.87. The summed E-state index contributed by atoms with van der Waals surface area (Å²) in [4.78, 5) is 0. The first-order chi connectivity index (χ1) is 7.77. The molecular weight excluding hydrogens is 202 g/mol. The van der Waals surface area contributed by atoms with Crippen LogP contribution in [0, 0.1) is 0 Å². The van der Waals surface area contributed by atoms with Crippen molar-refractivity contribution in [2.75, 3.05) is 6.61 Å². The monoisotopic (exact) mass is 225 g/mol. The lowest BCUT2D eigenvalue weighted by molar-refractivity contribution is 0.214. The van der Waals surface area contributed by atoms with E-state index in [-0.39, 0.29) is 12.6 Å². The van der Waals surface area contributed by atoms with E-state index >= 15 is 0 Å². The molecule has 0 aromatic carbocycles. The van der Waals surface area contributed by atoms with E-state index in [9.17, 15) is 5.11 Å². The van der Waals surface area contributed by atoms with E-state index < -0.39 is 0 Å². The van der Waals surface area contributed by atoms with E-state index in [0.717, 1.165) is 12.2 Å². The first kappa shape index (κ1) is 13.3. The molecule has 0 fully saturated rings. The average molecular weight is 225 g/mol. The Bertz CT molecular complexity index is 259. The number of nitrogens with one attached hydrogen (secondary N) is 1. The Hall–Kier alpha value is -0.800. The fourth-order valence-corrected chi connectivity index (χ4v) is 1.84. The fraction of sp³-hybridized carbons (Fsp3) is 0.692. The van der Waals surface area contributed by atoms with Gasteiger partial charge in [-0.3, -0.25) is 0 Å². The highest BCUT2D eigenvalue weighted by atomic mass is 16.3. The van der Waals surface area contributed by atoms with Crippen LogP contribution in [0.4, 0.5) is 0 Å². The lowest BCUT2D eigenvalue weighted by Crippen LogP contribution is -2.32. The molecule has 2 unspecified atom stereocenters. The van der Waals surface area contributed by atoms with Crippen molar-refractivity contribution in [3.8, 4) is 0 Å². The second-order valence-electron chi connectivity index (χ2n) is 4.31. The summed E-state index contributed by atoms with van der Waals surface area (Å²) in [6.45, 7) is 4.43. The summed E-state index contributed by atoms with van der Waals surface area (Å²) >= 11 is 0. The van der Waals surface area contributed by atoms with Crippen molar-refractivity contribution in [2.45, 2.75) is 51.6 Å². The molecule has 92 valence electrons. The third kappa shape index (κ3) is 4.37. The van der Waals surface area contributed by atoms with Gasteiger partial charge in [0.05, 0.1) is 18.9 Å². The van der Waals surface area contributed by atoms with E-state index in [1.54, 1.807) is 6.26 Å². The van der Waals surface area contributed by atoms with Crippen molar-refractivity contribution in [3.05, 3.63) is 24.2 Å². The molecule has 0 bridgehead atoms. The second kappa shape index (κ2) is 7.47. The smallest absolute Gasteiger partial charge is 0.123 e. The maximum absolute atomic E-state index is 9.30. The fourth-order valence-electron chi connectivity index (χ4n) is 1.84. The molecule has 3 nitrogen and oxygen atoms in total. The van der Waals surface area contributed by atoms with Gasteiger partial charge < -0.3 is 14.8 Å². The van der Waals surface area contributed by atoms with E-state index in [1.807, 2.05) is 12.1 Å². The van der Waals surface area contributed by atoms with E-state index in [2.05, 4.69) is 19.2 Å². The summed E-state index contributed by atoms with van der Waals surface area (Å²) < 4.78 is 5.29. The summed E-state index contributed by atoms with van der Waals surface area (Å²) in [5, 5.41) is 12.7. The van der Waals surface area contributed by atoms with Gasteiger partial charge in [-0.1, -0.05) is 26.2 Å². The van der Waals surface area contributed by atoms with Gasteiger partial charge in [-0.15, -0.1) is 0 Å². The van der Waals surface area contributed by atoms with Crippen molar-refractivity contribution < 1.29 is 9.52 Å². The molecule has 1 heterocycles. The quantitative estimate of drug-likeness (QED) is 0.669. The minimum absolute atomic E-state index is 0.0750. The van der Waals surface area contributed by atoms with Crippen LogP contribution in [0.25, 0.3) is 0 Å². The third-order valence-corrected chi connectivity index (χ3v) is 2.80. The molecular formula is C13H23NO2. The van der Waals surface area contributed by atoms with Crippen LogP contribution in [0.3, 0.4) is 0 Å². The van der Waals surface area contributed by atoms with Crippen LogP contribution in [0.5, 0.6) is 0 Å². The first-order valence-electron chi connectivity index (χ1n) is 6.18. The predicted molar refractivity (Wildman–Crippen MR) is 65.3 cm³/mol. The molecule has 0 aliphatic heterocycles. The second-order valence-corrected chi connectivity index (χ2v) is 4.31. The highest BCUT2D eigenvalue weighted by molar-refractivity contribution is 5.04. The number of hydrogen-bond acceptors (Lipinski definition) is 3. The largest absolute Gasteiger partial charge is 0.468 e. The Labute approximate surface area is 97.9 Å². The lowest BCUT2D eigenvalue weighted by Gasteiger charge is -2.20. The van der Waals surface area contributed by atoms with E-state index in [1.165, 1.54) is 19.3 Å². The van der Waals surface area contributed by atoms with Crippen molar-refractivity contribution in [1.29, 1.82) is 0 Å². The zero-order valence-electron chi connectivity index (χ0n) is 10.3. The molecule has 3 heteroatoms. The summed E-state index contributed by atoms with van der Waals surface area (Å²) in [5.41, 5.74) is 0. The maximum Gasteiger partial charge on any atom is 0.123 e. The van der Waals surface area contributed by atoms with Gasteiger partial charge in [0, 0.05) is 6.04 Å². The number of aliphatic hydroxyl groups is 1. The molecule has 0 saturated heterocycles. The third-order valence-electron chi connectivity index (χ3n) is 2.80. The van der Waals surface area contributed by atoms with Crippen LogP contribution in [0.15, 0.2) is 22.8 Å². The minimum atomic E-state index is -0.0772. The standard InChI is InChI=1S/C13H23NO2/c1-3-4-5-7-11(2)14-12(10-15)13-8-6-9-16-13/h6,8-9,11-12,14-15H,3-5,7,10H2,1-2H3. The lowest BCUT2D eigenvalue weighted by atomic mass is 10.1. The molecule has 2 atom stereocenters. The molecule has 1 aromatic heterocycles. The van der Waals surface area contributed by atoms with E-state index in [0.29, 0.717) is 6.04 Å². The van der Waals surface area contributed by atoms with Crippen LogP contribution in [0.2, 0.25) is 0 Å². The van der Waals surface area contributed by atoms with Crippen molar-refractivity contribution in [3.63, 3.8) is 0 Å². The number of aliphatic hydroxyl groups excluding tert-OH is 1. The Morgan fingerprint density at radius 3 is 2.81 bits per heavy atom. The highest BCUT2D eigenvalue weighted by Gasteiger charge is 2.15. The van der Waals surface area contributed by atoms with E-state index in [4.69, 9.17) is 4.42 Å². The van der Waals surface area contributed by atoms with Crippen molar-refractivity contribution in [1.82, 2.24) is 5.32 Å². The summed E-state index contributed by atoms with van der Waals surface area (Å²) in [6, 6.07) is 4.08. The maximum atomic E-state index is 9.30. The van der Waals surface area contributed by atoms with Gasteiger partial charge in [-0.05, 0) is 25.5 Å². The number of hydrogen-bond donors (Lipinski definition) is 2. The zero-order valence-corrected chi connectivity index (χ0v) is 10.3. The van der Waals surface area contributed by atoms with Gasteiger partial charge >= 0.3 is 0 Å². The molecule has 0 spiro atoms. The number of furan rings is 1. The van der Waals surface area contributed by atoms with Crippen molar-refractivity contribution in [2.24, 2.45) is 0 Å². The van der Waals surface area contributed by atoms with Gasteiger partial charge in [-0.25, -0.2) is 0 Å². The Balaban J connectivity index is 2.33. The van der Waals surface area contributed by atoms with Gasteiger partial charge in [0.25, 0.3) is 0 Å². The van der Waals surface area contributed by atoms with Gasteiger partial charge in [-0.2, -0.15) is 0 Å². The zero-order chi connectivity index (χ0) is 11.8. The Morgan fingerprint density at radius 1 is 1.44 bits per heavy atom. The molecule has 0 saturated carbocycles. The van der Waals surface area contributed by atoms with Crippen LogP contribution >= 0.6 is 0 Å². The minimum Gasteiger partial charge on any atom is -0.468 e. The molecule has 2 N–H and O–H groups in total. The van der Waals surface area contributed by atoms with Gasteiger partial charge in [0.1, 0.15) is 5.76 Å². The van der Waals surface area contributed by atoms with Crippen LogP contribution < -0.4 is 5.32 Å². The molecule has 0 aliphatic rings. The Morgan fingerprint density at radius 2 is 2.25 bits per heavy atom. The normalized spacial score (nSPS) is 14.9. The molecule has 0 amide bonds. The van der Waals surface area contributed by atoms with Crippen LogP contribution in [0.1, 0.15) is 51.3 Å². The number of unbranched alkanes of at least 4 members (excludes halogenated alkanes) is 2. The van der Waals surface area contributed by atoms with Crippen molar-refractivity contribution >= 4 is 0 Å². The molecule has 1 rings (SSSR count). The Kier molecular flexibility index (Phi) is 6.19. The number of rotatable bonds is 8. The molecule has 16 heavy (non-hydrogen) atoms. The SMILES string of the molecule is CCCCCC(C)NC(CO)c1ccco1.